The minimum absolute atomic E-state index is 0.234. The van der Waals surface area contributed by atoms with Crippen molar-refractivity contribution < 1.29 is 20.4 Å². The Labute approximate surface area is 106 Å². The monoisotopic (exact) mass is 253 g/mol. The average Bonchev–Trinajstić information content (AvgIpc) is 2.38. The summed E-state index contributed by atoms with van der Waals surface area (Å²) in [5, 5.41) is 38.4. The predicted octanol–water partition coefficient (Wildman–Crippen LogP) is -1.05. The molecule has 4 atom stereocenters. The molecule has 1 aliphatic rings. The summed E-state index contributed by atoms with van der Waals surface area (Å²) in [5.74, 6) is 0. The maximum absolute atomic E-state index is 9.84. The van der Waals surface area contributed by atoms with Crippen LogP contribution >= 0.6 is 0 Å². The Balaban J connectivity index is 2.10. The van der Waals surface area contributed by atoms with E-state index in [2.05, 4.69) is 0 Å². The zero-order valence-corrected chi connectivity index (χ0v) is 10.1. The fourth-order valence-corrected chi connectivity index (χ4v) is 2.38. The normalized spacial score (nSPS) is 33.6. The Hall–Kier alpha value is -0.980. The van der Waals surface area contributed by atoms with Gasteiger partial charge in [0.15, 0.2) is 0 Å². The van der Waals surface area contributed by atoms with E-state index < -0.39 is 24.4 Å². The van der Waals surface area contributed by atoms with Crippen molar-refractivity contribution in [1.29, 1.82) is 0 Å². The summed E-state index contributed by atoms with van der Waals surface area (Å²) in [7, 11) is 0. The minimum atomic E-state index is -1.20. The third-order valence-electron chi connectivity index (χ3n) is 3.44. The van der Waals surface area contributed by atoms with Crippen LogP contribution in [0.5, 0.6) is 0 Å². The predicted molar refractivity (Wildman–Crippen MR) is 65.7 cm³/mol. The smallest absolute Gasteiger partial charge is 0.109 e. The lowest BCUT2D eigenvalue weighted by Crippen LogP contribution is -2.62. The molecule has 0 bridgehead atoms. The zero-order valence-electron chi connectivity index (χ0n) is 10.1. The van der Waals surface area contributed by atoms with Gasteiger partial charge in [-0.3, -0.25) is 4.90 Å². The van der Waals surface area contributed by atoms with Crippen molar-refractivity contribution in [1.82, 2.24) is 4.90 Å². The molecule has 4 N–H and O–H groups in total. The van der Waals surface area contributed by atoms with E-state index >= 15 is 0 Å². The van der Waals surface area contributed by atoms with E-state index in [0.29, 0.717) is 6.54 Å². The Morgan fingerprint density at radius 1 is 1.06 bits per heavy atom. The van der Waals surface area contributed by atoms with Crippen LogP contribution in [0.4, 0.5) is 0 Å². The number of likely N-dealkylation sites (tertiary alicyclic amines) is 1. The number of hydrogen-bond donors (Lipinski definition) is 4. The molecule has 1 fully saturated rings. The Bertz CT molecular complexity index is 373. The lowest BCUT2D eigenvalue weighted by Gasteiger charge is -2.43. The van der Waals surface area contributed by atoms with E-state index in [-0.39, 0.29) is 13.2 Å². The van der Waals surface area contributed by atoms with Crippen molar-refractivity contribution in [3.63, 3.8) is 0 Å². The highest BCUT2D eigenvalue weighted by Gasteiger charge is 2.40. The molecular formula is C13H19NO4. The number of hydrogen-bond acceptors (Lipinski definition) is 5. The van der Waals surface area contributed by atoms with Crippen LogP contribution in [-0.2, 0) is 6.54 Å². The van der Waals surface area contributed by atoms with Crippen molar-refractivity contribution in [2.24, 2.45) is 0 Å². The lowest BCUT2D eigenvalue weighted by molar-refractivity contribution is -0.147. The maximum Gasteiger partial charge on any atom is 0.109 e. The van der Waals surface area contributed by atoms with E-state index in [0.717, 1.165) is 5.56 Å². The SMILES string of the molecule is OCC1[C@@H](O)[C@H](O)[C@H](O)CN1Cc1ccccc1. The summed E-state index contributed by atoms with van der Waals surface area (Å²) in [6, 6.07) is 9.07. The number of aliphatic hydroxyl groups is 4. The lowest BCUT2D eigenvalue weighted by atomic mass is 9.94. The number of aliphatic hydroxyl groups excluding tert-OH is 4. The maximum atomic E-state index is 9.84. The van der Waals surface area contributed by atoms with Gasteiger partial charge in [-0.1, -0.05) is 30.3 Å². The summed E-state index contributed by atoms with van der Waals surface area (Å²) in [4.78, 5) is 1.79. The van der Waals surface area contributed by atoms with E-state index in [1.165, 1.54) is 0 Å². The van der Waals surface area contributed by atoms with Crippen LogP contribution in [0.1, 0.15) is 5.56 Å². The second kappa shape index (κ2) is 5.77. The van der Waals surface area contributed by atoms with Gasteiger partial charge >= 0.3 is 0 Å². The highest BCUT2D eigenvalue weighted by molar-refractivity contribution is 5.15. The molecule has 0 saturated carbocycles. The highest BCUT2D eigenvalue weighted by Crippen LogP contribution is 2.21. The van der Waals surface area contributed by atoms with E-state index in [9.17, 15) is 20.4 Å². The van der Waals surface area contributed by atoms with Gasteiger partial charge in [0.05, 0.1) is 18.8 Å². The zero-order chi connectivity index (χ0) is 13.1. The molecule has 0 aliphatic carbocycles. The second-order valence-electron chi connectivity index (χ2n) is 4.71. The molecule has 0 spiro atoms. The largest absolute Gasteiger partial charge is 0.395 e. The van der Waals surface area contributed by atoms with Crippen molar-refractivity contribution in [2.75, 3.05) is 13.2 Å². The first kappa shape index (κ1) is 13.5. The van der Waals surface area contributed by atoms with Gasteiger partial charge in [0.1, 0.15) is 12.2 Å². The molecule has 1 aromatic rings. The third-order valence-corrected chi connectivity index (χ3v) is 3.44. The van der Waals surface area contributed by atoms with Crippen LogP contribution in [0.15, 0.2) is 30.3 Å². The molecule has 1 saturated heterocycles. The van der Waals surface area contributed by atoms with Crippen molar-refractivity contribution >= 4 is 0 Å². The summed E-state index contributed by atoms with van der Waals surface area (Å²) in [6.45, 7) is 0.503. The Kier molecular flexibility index (Phi) is 4.31. The summed E-state index contributed by atoms with van der Waals surface area (Å²) >= 11 is 0. The molecule has 0 aromatic heterocycles. The topological polar surface area (TPSA) is 84.2 Å². The number of rotatable bonds is 3. The molecule has 1 aromatic carbocycles. The molecular weight excluding hydrogens is 234 g/mol. The molecule has 5 nitrogen and oxygen atoms in total. The van der Waals surface area contributed by atoms with Crippen LogP contribution in [0, 0.1) is 0 Å². The number of nitrogens with zero attached hydrogens (tertiary/aromatic N) is 1. The minimum Gasteiger partial charge on any atom is -0.395 e. The van der Waals surface area contributed by atoms with Gasteiger partial charge in [-0.25, -0.2) is 0 Å². The molecule has 1 unspecified atom stereocenters. The Morgan fingerprint density at radius 2 is 1.72 bits per heavy atom. The first-order valence-electron chi connectivity index (χ1n) is 6.06. The van der Waals surface area contributed by atoms with Gasteiger partial charge in [0.25, 0.3) is 0 Å². The summed E-state index contributed by atoms with van der Waals surface area (Å²) in [6.07, 6.45) is -3.33. The molecule has 18 heavy (non-hydrogen) atoms. The first-order chi connectivity index (χ1) is 8.63. The Morgan fingerprint density at radius 3 is 2.33 bits per heavy atom. The van der Waals surface area contributed by atoms with Gasteiger partial charge in [0, 0.05) is 13.1 Å². The first-order valence-corrected chi connectivity index (χ1v) is 6.06. The van der Waals surface area contributed by atoms with E-state index in [4.69, 9.17) is 0 Å². The number of piperidine rings is 1. The molecule has 0 amide bonds. The van der Waals surface area contributed by atoms with E-state index in [1.54, 1.807) is 4.90 Å². The summed E-state index contributed by atoms with van der Waals surface area (Å²) in [5.41, 5.74) is 1.03. The van der Waals surface area contributed by atoms with E-state index in [1.807, 2.05) is 30.3 Å². The average molecular weight is 253 g/mol. The summed E-state index contributed by atoms with van der Waals surface area (Å²) < 4.78 is 0. The standard InChI is InChI=1S/C13H19NO4/c15-8-10-12(17)13(18)11(16)7-14(10)6-9-4-2-1-3-5-9/h1-5,10-13,15-18H,6-8H2/t10?,11-,12-,13-/m1/s1. The van der Waals surface area contributed by atoms with Gasteiger partial charge in [-0.2, -0.15) is 0 Å². The van der Waals surface area contributed by atoms with Gasteiger partial charge in [-0.15, -0.1) is 0 Å². The molecule has 100 valence electrons. The van der Waals surface area contributed by atoms with Gasteiger partial charge in [0.2, 0.25) is 0 Å². The third kappa shape index (κ3) is 2.71. The van der Waals surface area contributed by atoms with Gasteiger partial charge < -0.3 is 20.4 Å². The van der Waals surface area contributed by atoms with Crippen molar-refractivity contribution in [3.05, 3.63) is 35.9 Å². The van der Waals surface area contributed by atoms with Crippen LogP contribution in [0.25, 0.3) is 0 Å². The molecule has 2 rings (SSSR count). The molecule has 0 radical (unpaired) electrons. The number of benzene rings is 1. The molecule has 1 aliphatic heterocycles. The van der Waals surface area contributed by atoms with Crippen LogP contribution in [-0.4, -0.2) is 62.8 Å². The fourth-order valence-electron chi connectivity index (χ4n) is 2.38. The second-order valence-corrected chi connectivity index (χ2v) is 4.71. The van der Waals surface area contributed by atoms with Crippen LogP contribution < -0.4 is 0 Å². The molecule has 1 heterocycles. The van der Waals surface area contributed by atoms with Crippen molar-refractivity contribution in [2.45, 2.75) is 30.9 Å². The highest BCUT2D eigenvalue weighted by atomic mass is 16.4. The van der Waals surface area contributed by atoms with Crippen LogP contribution in [0.2, 0.25) is 0 Å². The number of β-amino-alcohol motifs (C(OH)–C–C–N with tert-alkyl or cyclic N) is 1. The quantitative estimate of drug-likeness (QED) is 0.552. The van der Waals surface area contributed by atoms with Gasteiger partial charge in [-0.05, 0) is 5.56 Å². The molecule has 5 heteroatoms. The van der Waals surface area contributed by atoms with Crippen molar-refractivity contribution in [3.8, 4) is 0 Å². The van der Waals surface area contributed by atoms with Crippen LogP contribution in [0.3, 0.4) is 0 Å². The fraction of sp³-hybridized carbons (Fsp3) is 0.538.